The van der Waals surface area contributed by atoms with Crippen LogP contribution in [-0.2, 0) is 6.18 Å². The predicted octanol–water partition coefficient (Wildman–Crippen LogP) is 5.58. The highest BCUT2D eigenvalue weighted by Gasteiger charge is 2.34. The largest absolute Gasteiger partial charge is 0.417 e. The van der Waals surface area contributed by atoms with Crippen LogP contribution in [-0.4, -0.2) is 15.3 Å². The Kier molecular flexibility index (Phi) is 4.58. The highest BCUT2D eigenvalue weighted by molar-refractivity contribution is 6.05. The zero-order valence-electron chi connectivity index (χ0n) is 15.4. The van der Waals surface area contributed by atoms with Gasteiger partial charge in [0.25, 0.3) is 5.91 Å². The second-order valence-corrected chi connectivity index (χ2v) is 6.63. The van der Waals surface area contributed by atoms with Gasteiger partial charge >= 0.3 is 6.18 Å². The number of nitrogens with zero attached hydrogens (tertiary/aromatic N) is 2. The van der Waals surface area contributed by atoms with Crippen LogP contribution in [0.15, 0.2) is 73.1 Å². The molecule has 2 heterocycles. The van der Waals surface area contributed by atoms with Crippen LogP contribution in [0.4, 0.5) is 18.9 Å². The van der Waals surface area contributed by atoms with Gasteiger partial charge in [0, 0.05) is 23.6 Å². The van der Waals surface area contributed by atoms with Gasteiger partial charge in [-0.1, -0.05) is 30.3 Å². The van der Waals surface area contributed by atoms with E-state index in [1.807, 2.05) is 41.9 Å². The molecule has 0 radical (unpaired) electrons. The lowest BCUT2D eigenvalue weighted by molar-refractivity contribution is -0.137. The van der Waals surface area contributed by atoms with Gasteiger partial charge in [-0.2, -0.15) is 13.2 Å². The molecule has 0 bridgehead atoms. The summed E-state index contributed by atoms with van der Waals surface area (Å²) in [5.74, 6) is -0.819. The minimum atomic E-state index is -4.61. The normalized spacial score (nSPS) is 11.6. The van der Waals surface area contributed by atoms with E-state index < -0.39 is 23.2 Å². The molecule has 0 aliphatic heterocycles. The number of nitrogens with one attached hydrogen (secondary N) is 1. The highest BCUT2D eigenvalue weighted by Crippen LogP contribution is 2.32. The molecule has 4 rings (SSSR count). The highest BCUT2D eigenvalue weighted by atomic mass is 19.4. The van der Waals surface area contributed by atoms with Gasteiger partial charge in [-0.05, 0) is 42.8 Å². The maximum atomic E-state index is 13.2. The van der Waals surface area contributed by atoms with E-state index in [0.29, 0.717) is 11.4 Å². The van der Waals surface area contributed by atoms with Crippen LogP contribution in [0, 0.1) is 6.92 Å². The standard InChI is InChI=1S/C22H16F3N3O/c1-14-6-5-11-28-13-19(27-20(14)28)15-7-4-8-16(12-15)26-21(29)17-9-2-3-10-18(17)22(23,24)25/h2-13H,1H3,(H,26,29). The molecule has 4 nitrogen and oxygen atoms in total. The minimum Gasteiger partial charge on any atom is -0.322 e. The maximum absolute atomic E-state index is 13.2. The van der Waals surface area contributed by atoms with Gasteiger partial charge in [-0.25, -0.2) is 4.98 Å². The molecule has 0 aliphatic rings. The van der Waals surface area contributed by atoms with E-state index in [1.54, 1.807) is 18.2 Å². The number of hydrogen-bond acceptors (Lipinski definition) is 2. The van der Waals surface area contributed by atoms with Crippen molar-refractivity contribution in [3.63, 3.8) is 0 Å². The number of aryl methyl sites for hydroxylation is 1. The van der Waals surface area contributed by atoms with Gasteiger partial charge in [0.2, 0.25) is 0 Å². The summed E-state index contributed by atoms with van der Waals surface area (Å²) in [5.41, 5.74) is 2.28. The molecule has 0 spiro atoms. The molecule has 0 saturated heterocycles. The van der Waals surface area contributed by atoms with Crippen LogP contribution >= 0.6 is 0 Å². The van der Waals surface area contributed by atoms with Gasteiger partial charge in [-0.3, -0.25) is 4.79 Å². The number of benzene rings is 2. The first-order valence-corrected chi connectivity index (χ1v) is 8.85. The third-order valence-corrected chi connectivity index (χ3v) is 4.57. The Morgan fingerprint density at radius 3 is 2.59 bits per heavy atom. The lowest BCUT2D eigenvalue weighted by Crippen LogP contribution is -2.18. The summed E-state index contributed by atoms with van der Waals surface area (Å²) in [4.78, 5) is 17.1. The molecule has 2 aromatic carbocycles. The molecule has 0 unspecified atom stereocenters. The Morgan fingerprint density at radius 1 is 1.03 bits per heavy atom. The van der Waals surface area contributed by atoms with Crippen molar-refractivity contribution in [2.24, 2.45) is 0 Å². The van der Waals surface area contributed by atoms with E-state index in [1.165, 1.54) is 12.1 Å². The van der Waals surface area contributed by atoms with Crippen molar-refractivity contribution in [1.82, 2.24) is 9.38 Å². The zero-order valence-corrected chi connectivity index (χ0v) is 15.4. The van der Waals surface area contributed by atoms with Crippen LogP contribution in [0.2, 0.25) is 0 Å². The molecule has 1 amide bonds. The SMILES string of the molecule is Cc1cccn2cc(-c3cccc(NC(=O)c4ccccc4C(F)(F)F)c3)nc12. The fourth-order valence-electron chi connectivity index (χ4n) is 3.18. The van der Waals surface area contributed by atoms with Crippen LogP contribution < -0.4 is 5.32 Å². The number of anilines is 1. The van der Waals surface area contributed by atoms with E-state index in [9.17, 15) is 18.0 Å². The number of imidazole rings is 1. The fourth-order valence-corrected chi connectivity index (χ4v) is 3.18. The molecular weight excluding hydrogens is 379 g/mol. The summed E-state index contributed by atoms with van der Waals surface area (Å²) in [6.07, 6.45) is -0.856. The van der Waals surface area contributed by atoms with E-state index in [2.05, 4.69) is 10.3 Å². The van der Waals surface area contributed by atoms with Gasteiger partial charge in [0.1, 0.15) is 5.65 Å². The number of halogens is 3. The Hall–Kier alpha value is -3.61. The Morgan fingerprint density at radius 2 is 1.83 bits per heavy atom. The number of hydrogen-bond donors (Lipinski definition) is 1. The van der Waals surface area contributed by atoms with Crippen LogP contribution in [0.1, 0.15) is 21.5 Å². The molecule has 1 N–H and O–H groups in total. The zero-order chi connectivity index (χ0) is 20.6. The van der Waals surface area contributed by atoms with Crippen LogP contribution in [0.3, 0.4) is 0 Å². The third-order valence-electron chi connectivity index (χ3n) is 4.57. The average molecular weight is 395 g/mol. The minimum absolute atomic E-state index is 0.387. The van der Waals surface area contributed by atoms with Gasteiger partial charge in [-0.15, -0.1) is 0 Å². The molecule has 0 aliphatic carbocycles. The first-order valence-electron chi connectivity index (χ1n) is 8.85. The number of fused-ring (bicyclic) bond motifs is 1. The number of amides is 1. The quantitative estimate of drug-likeness (QED) is 0.492. The van der Waals surface area contributed by atoms with Crippen molar-refractivity contribution in [2.45, 2.75) is 13.1 Å². The molecule has 7 heteroatoms. The van der Waals surface area contributed by atoms with Crippen molar-refractivity contribution >= 4 is 17.2 Å². The molecular formula is C22H16F3N3O. The van der Waals surface area contributed by atoms with Crippen molar-refractivity contribution in [1.29, 1.82) is 0 Å². The monoisotopic (exact) mass is 395 g/mol. The van der Waals surface area contributed by atoms with Crippen molar-refractivity contribution < 1.29 is 18.0 Å². The molecule has 0 atom stereocenters. The molecule has 0 saturated carbocycles. The van der Waals surface area contributed by atoms with E-state index >= 15 is 0 Å². The van der Waals surface area contributed by atoms with Gasteiger partial charge in [0.15, 0.2) is 0 Å². The van der Waals surface area contributed by atoms with Crippen molar-refractivity contribution in [3.8, 4) is 11.3 Å². The number of alkyl halides is 3. The number of rotatable bonds is 3. The topological polar surface area (TPSA) is 46.4 Å². The molecule has 29 heavy (non-hydrogen) atoms. The third kappa shape index (κ3) is 3.71. The lowest BCUT2D eigenvalue weighted by atomic mass is 10.1. The Balaban J connectivity index is 1.65. The summed E-state index contributed by atoms with van der Waals surface area (Å²) in [6, 6.07) is 15.4. The van der Waals surface area contributed by atoms with Crippen molar-refractivity contribution in [2.75, 3.05) is 5.32 Å². The first-order chi connectivity index (χ1) is 13.8. The van der Waals surface area contributed by atoms with E-state index in [4.69, 9.17) is 0 Å². The maximum Gasteiger partial charge on any atom is 0.417 e. The van der Waals surface area contributed by atoms with Gasteiger partial charge in [0.05, 0.1) is 16.8 Å². The first kappa shape index (κ1) is 18.7. The summed E-state index contributed by atoms with van der Waals surface area (Å²) in [7, 11) is 0. The summed E-state index contributed by atoms with van der Waals surface area (Å²) >= 11 is 0. The number of carbonyl (C=O) groups excluding carboxylic acids is 1. The number of pyridine rings is 1. The Labute approximate surface area is 164 Å². The second kappa shape index (κ2) is 7.09. The molecule has 0 fully saturated rings. The summed E-state index contributed by atoms with van der Waals surface area (Å²) < 4.78 is 41.4. The van der Waals surface area contributed by atoms with E-state index in [-0.39, 0.29) is 0 Å². The number of aromatic nitrogens is 2. The molecule has 146 valence electrons. The predicted molar refractivity (Wildman–Crippen MR) is 105 cm³/mol. The van der Waals surface area contributed by atoms with Crippen LogP contribution in [0.5, 0.6) is 0 Å². The lowest BCUT2D eigenvalue weighted by Gasteiger charge is -2.13. The summed E-state index contributed by atoms with van der Waals surface area (Å²) in [5, 5.41) is 2.55. The van der Waals surface area contributed by atoms with Crippen LogP contribution in [0.25, 0.3) is 16.9 Å². The number of carbonyl (C=O) groups is 1. The second-order valence-electron chi connectivity index (χ2n) is 6.63. The average Bonchev–Trinajstić information content (AvgIpc) is 3.13. The Bertz CT molecular complexity index is 1210. The summed E-state index contributed by atoms with van der Waals surface area (Å²) in [6.45, 7) is 1.96. The van der Waals surface area contributed by atoms with E-state index in [0.717, 1.165) is 28.9 Å². The van der Waals surface area contributed by atoms with Gasteiger partial charge < -0.3 is 9.72 Å². The smallest absolute Gasteiger partial charge is 0.322 e. The van der Waals surface area contributed by atoms with Crippen molar-refractivity contribution in [3.05, 3.63) is 89.7 Å². The molecule has 2 aromatic heterocycles. The fraction of sp³-hybridized carbons (Fsp3) is 0.0909. The molecule has 4 aromatic rings.